The van der Waals surface area contributed by atoms with Gasteiger partial charge < -0.3 is 0 Å². The normalized spacial score (nSPS) is 11.0. The number of para-hydroxylation sites is 1. The summed E-state index contributed by atoms with van der Waals surface area (Å²) in [6.45, 7) is 2.73. The molecule has 1 aromatic carbocycles. The van der Waals surface area contributed by atoms with Gasteiger partial charge in [0, 0.05) is 23.7 Å². The fourth-order valence-electron chi connectivity index (χ4n) is 2.39. The number of ketones is 1. The Bertz CT molecular complexity index is 810. The van der Waals surface area contributed by atoms with Crippen molar-refractivity contribution in [1.82, 2.24) is 14.8 Å². The highest BCUT2D eigenvalue weighted by atomic mass is 19.1. The fourth-order valence-corrected chi connectivity index (χ4v) is 2.39. The maximum atomic E-state index is 13.1. The second kappa shape index (κ2) is 5.44. The molecule has 3 aromatic rings. The van der Waals surface area contributed by atoms with E-state index in [-0.39, 0.29) is 17.8 Å². The molecule has 0 aliphatic heterocycles. The van der Waals surface area contributed by atoms with Crippen molar-refractivity contribution in [3.8, 4) is 0 Å². The van der Waals surface area contributed by atoms with Crippen molar-refractivity contribution < 1.29 is 9.18 Å². The molecule has 4 nitrogen and oxygen atoms in total. The molecule has 0 fully saturated rings. The molecule has 106 valence electrons. The smallest absolute Gasteiger partial charge is 0.170 e. The lowest BCUT2D eigenvalue weighted by atomic mass is 10.1. The third kappa shape index (κ3) is 2.54. The Kier molecular flexibility index (Phi) is 3.48. The van der Waals surface area contributed by atoms with Crippen molar-refractivity contribution in [3.63, 3.8) is 0 Å². The molecule has 2 aromatic heterocycles. The van der Waals surface area contributed by atoms with Gasteiger partial charge in [-0.25, -0.2) is 4.39 Å². The van der Waals surface area contributed by atoms with Gasteiger partial charge in [0.1, 0.15) is 5.82 Å². The van der Waals surface area contributed by atoms with E-state index in [1.807, 2.05) is 35.9 Å². The summed E-state index contributed by atoms with van der Waals surface area (Å²) >= 11 is 0. The van der Waals surface area contributed by atoms with Crippen LogP contribution in [0.25, 0.3) is 10.9 Å². The van der Waals surface area contributed by atoms with Gasteiger partial charge >= 0.3 is 0 Å². The number of benzene rings is 1. The third-order valence-electron chi connectivity index (χ3n) is 3.39. The van der Waals surface area contributed by atoms with Crippen LogP contribution >= 0.6 is 0 Å². The SMILES string of the molecule is CCn1nc(CC(=O)c2cncc(F)c2)c2ccccc21. The van der Waals surface area contributed by atoms with Crippen molar-refractivity contribution in [3.05, 3.63) is 59.8 Å². The summed E-state index contributed by atoms with van der Waals surface area (Å²) in [5, 5.41) is 5.43. The Morgan fingerprint density at radius 3 is 2.86 bits per heavy atom. The topological polar surface area (TPSA) is 47.8 Å². The van der Waals surface area contributed by atoms with Crippen molar-refractivity contribution in [1.29, 1.82) is 0 Å². The summed E-state index contributed by atoms with van der Waals surface area (Å²) in [6, 6.07) is 8.98. The number of nitrogens with zero attached hydrogens (tertiary/aromatic N) is 3. The van der Waals surface area contributed by atoms with Gasteiger partial charge in [-0.05, 0) is 19.1 Å². The molecule has 21 heavy (non-hydrogen) atoms. The third-order valence-corrected chi connectivity index (χ3v) is 3.39. The Balaban J connectivity index is 1.97. The second-order valence-electron chi connectivity index (χ2n) is 4.77. The number of Topliss-reactive ketones (excluding diaryl/α,β-unsaturated/α-hetero) is 1. The molecule has 5 heteroatoms. The Morgan fingerprint density at radius 1 is 1.29 bits per heavy atom. The number of halogens is 1. The van der Waals surface area contributed by atoms with Gasteiger partial charge in [-0.3, -0.25) is 14.5 Å². The van der Waals surface area contributed by atoms with E-state index in [1.165, 1.54) is 12.3 Å². The first-order valence-electron chi connectivity index (χ1n) is 6.77. The number of carbonyl (C=O) groups excluding carboxylic acids is 1. The lowest BCUT2D eigenvalue weighted by molar-refractivity contribution is 0.0991. The molecule has 3 rings (SSSR count). The highest BCUT2D eigenvalue weighted by Crippen LogP contribution is 2.20. The van der Waals surface area contributed by atoms with Crippen LogP contribution < -0.4 is 0 Å². The maximum absolute atomic E-state index is 13.1. The minimum atomic E-state index is -0.509. The van der Waals surface area contributed by atoms with Crippen molar-refractivity contribution in [2.24, 2.45) is 0 Å². The largest absolute Gasteiger partial charge is 0.294 e. The number of aryl methyl sites for hydroxylation is 1. The molecule has 0 bridgehead atoms. The average Bonchev–Trinajstić information content (AvgIpc) is 2.85. The minimum absolute atomic E-state index is 0.138. The molecule has 0 saturated heterocycles. The molecule has 0 atom stereocenters. The lowest BCUT2D eigenvalue weighted by Gasteiger charge is -1.99. The lowest BCUT2D eigenvalue weighted by Crippen LogP contribution is -2.06. The van der Waals surface area contributed by atoms with E-state index in [0.29, 0.717) is 5.69 Å². The molecule has 2 heterocycles. The Labute approximate surface area is 121 Å². The number of rotatable bonds is 4. The zero-order valence-corrected chi connectivity index (χ0v) is 11.6. The van der Waals surface area contributed by atoms with Gasteiger partial charge in [0.15, 0.2) is 5.78 Å². The first kappa shape index (κ1) is 13.4. The number of carbonyl (C=O) groups is 1. The van der Waals surface area contributed by atoms with Gasteiger partial charge in [-0.15, -0.1) is 0 Å². The van der Waals surface area contributed by atoms with Crippen LogP contribution in [-0.2, 0) is 13.0 Å². The summed E-state index contributed by atoms with van der Waals surface area (Å²) in [4.78, 5) is 16.0. The van der Waals surface area contributed by atoms with E-state index in [4.69, 9.17) is 0 Å². The first-order chi connectivity index (χ1) is 10.2. The zero-order valence-electron chi connectivity index (χ0n) is 11.6. The van der Waals surface area contributed by atoms with Gasteiger partial charge in [0.05, 0.1) is 23.8 Å². The van der Waals surface area contributed by atoms with Crippen molar-refractivity contribution >= 4 is 16.7 Å². The highest BCUT2D eigenvalue weighted by molar-refractivity contribution is 5.99. The van der Waals surface area contributed by atoms with Crippen molar-refractivity contribution in [2.45, 2.75) is 19.9 Å². The van der Waals surface area contributed by atoms with E-state index < -0.39 is 5.82 Å². The van der Waals surface area contributed by atoms with E-state index in [1.54, 1.807) is 0 Å². The van der Waals surface area contributed by atoms with Crippen LogP contribution in [-0.4, -0.2) is 20.5 Å². The number of aromatic nitrogens is 3. The molecular formula is C16H14FN3O. The molecular weight excluding hydrogens is 269 g/mol. The minimum Gasteiger partial charge on any atom is -0.294 e. The van der Waals surface area contributed by atoms with E-state index in [9.17, 15) is 9.18 Å². The van der Waals surface area contributed by atoms with Crippen LogP contribution in [0.4, 0.5) is 4.39 Å². The zero-order chi connectivity index (χ0) is 14.8. The number of hydrogen-bond acceptors (Lipinski definition) is 3. The van der Waals surface area contributed by atoms with Crippen LogP contribution in [0.2, 0.25) is 0 Å². The number of fused-ring (bicyclic) bond motifs is 1. The Hall–Kier alpha value is -2.56. The van der Waals surface area contributed by atoms with Crippen LogP contribution in [0.1, 0.15) is 23.0 Å². The summed E-state index contributed by atoms with van der Waals surface area (Å²) < 4.78 is 15.0. The second-order valence-corrected chi connectivity index (χ2v) is 4.77. The number of hydrogen-bond donors (Lipinski definition) is 0. The summed E-state index contributed by atoms with van der Waals surface area (Å²) in [5.74, 6) is -0.696. The molecule has 0 aliphatic carbocycles. The van der Waals surface area contributed by atoms with Crippen LogP contribution in [0, 0.1) is 5.82 Å². The molecule has 0 aliphatic rings. The fraction of sp³-hybridized carbons (Fsp3) is 0.188. The highest BCUT2D eigenvalue weighted by Gasteiger charge is 2.15. The van der Waals surface area contributed by atoms with Crippen LogP contribution in [0.5, 0.6) is 0 Å². The maximum Gasteiger partial charge on any atom is 0.170 e. The molecule has 0 radical (unpaired) electrons. The monoisotopic (exact) mass is 283 g/mol. The van der Waals surface area contributed by atoms with Crippen molar-refractivity contribution in [2.75, 3.05) is 0 Å². The predicted octanol–water partition coefficient (Wildman–Crippen LogP) is 3.02. The van der Waals surface area contributed by atoms with Gasteiger partial charge in [0.2, 0.25) is 0 Å². The summed E-state index contributed by atoms with van der Waals surface area (Å²) in [6.07, 6.45) is 2.60. The van der Waals surface area contributed by atoms with Gasteiger partial charge in [0.25, 0.3) is 0 Å². The van der Waals surface area contributed by atoms with Gasteiger partial charge in [-0.1, -0.05) is 18.2 Å². The van der Waals surface area contributed by atoms with E-state index in [2.05, 4.69) is 10.1 Å². The average molecular weight is 283 g/mol. The molecule has 0 spiro atoms. The van der Waals surface area contributed by atoms with Crippen LogP contribution in [0.15, 0.2) is 42.7 Å². The molecule has 0 N–H and O–H groups in total. The molecule has 0 unspecified atom stereocenters. The van der Waals surface area contributed by atoms with E-state index in [0.717, 1.165) is 23.6 Å². The first-order valence-corrected chi connectivity index (χ1v) is 6.77. The quantitative estimate of drug-likeness (QED) is 0.691. The number of pyridine rings is 1. The summed E-state index contributed by atoms with van der Waals surface area (Å²) in [5.41, 5.74) is 1.98. The van der Waals surface area contributed by atoms with Crippen LogP contribution in [0.3, 0.4) is 0 Å². The summed E-state index contributed by atoms with van der Waals surface area (Å²) in [7, 11) is 0. The molecule has 0 amide bonds. The standard InChI is InChI=1S/C16H14FN3O/c1-2-20-15-6-4-3-5-13(15)14(19-20)8-16(21)11-7-12(17)10-18-9-11/h3-7,9-10H,2,8H2,1H3. The van der Waals surface area contributed by atoms with Gasteiger partial charge in [-0.2, -0.15) is 5.10 Å². The predicted molar refractivity (Wildman–Crippen MR) is 77.6 cm³/mol. The van der Waals surface area contributed by atoms with E-state index >= 15 is 0 Å². The Morgan fingerprint density at radius 2 is 2.10 bits per heavy atom. The molecule has 0 saturated carbocycles.